The minimum atomic E-state index is -4.23. The van der Waals surface area contributed by atoms with Crippen LogP contribution in [0.4, 0.5) is 0 Å². The molecule has 0 aliphatic carbocycles. The molecular formula is C25H30N2O5P-. The number of nitrogens with one attached hydrogen (secondary N) is 1. The van der Waals surface area contributed by atoms with Gasteiger partial charge in [-0.2, -0.15) is 0 Å². The number of nitrogens with zero attached hydrogens (tertiary/aromatic N) is 1. The third-order valence-electron chi connectivity index (χ3n) is 5.00. The maximum atomic E-state index is 12.6. The Morgan fingerprint density at radius 3 is 2.55 bits per heavy atom. The highest BCUT2D eigenvalue weighted by atomic mass is 31.2. The summed E-state index contributed by atoms with van der Waals surface area (Å²) in [7, 11) is -4.23. The zero-order chi connectivity index (χ0) is 23.7. The molecule has 1 unspecified atom stereocenters. The van der Waals surface area contributed by atoms with E-state index in [2.05, 4.69) is 16.4 Å². The maximum Gasteiger partial charge on any atom is 0.268 e. The van der Waals surface area contributed by atoms with Gasteiger partial charge in [0.05, 0.1) is 24.8 Å². The second-order valence-electron chi connectivity index (χ2n) is 8.06. The van der Waals surface area contributed by atoms with Gasteiger partial charge in [0.2, 0.25) is 5.91 Å². The van der Waals surface area contributed by atoms with E-state index in [-0.39, 0.29) is 18.9 Å². The number of unbranched alkanes of at least 4 members (excludes halogenated alkanes) is 2. The van der Waals surface area contributed by atoms with Crippen LogP contribution in [0.2, 0.25) is 0 Å². The first-order chi connectivity index (χ1) is 15.9. The van der Waals surface area contributed by atoms with Gasteiger partial charge in [-0.25, -0.2) is 0 Å². The number of carbonyl (C=O) groups excluding carboxylic acids is 1. The minimum absolute atomic E-state index is 0.0723. The lowest BCUT2D eigenvalue weighted by atomic mass is 9.96. The van der Waals surface area contributed by atoms with Crippen molar-refractivity contribution < 1.29 is 23.3 Å². The second kappa shape index (κ2) is 12.1. The Balaban J connectivity index is 1.51. The van der Waals surface area contributed by atoms with Crippen LogP contribution in [0.1, 0.15) is 38.8 Å². The molecule has 8 heteroatoms. The van der Waals surface area contributed by atoms with Crippen LogP contribution in [0.3, 0.4) is 0 Å². The van der Waals surface area contributed by atoms with Crippen LogP contribution < -0.4 is 10.2 Å². The van der Waals surface area contributed by atoms with E-state index in [0.29, 0.717) is 13.0 Å². The molecule has 1 N–H and O–H groups in total. The summed E-state index contributed by atoms with van der Waals surface area (Å²) in [5.74, 6) is -0.0967. The van der Waals surface area contributed by atoms with Crippen molar-refractivity contribution in [3.63, 3.8) is 0 Å². The average Bonchev–Trinajstić information content (AvgIpc) is 2.78. The van der Waals surface area contributed by atoms with Crippen LogP contribution in [0.15, 0.2) is 60.8 Å². The fraction of sp³-hybridized carbons (Fsp3) is 0.360. The predicted molar refractivity (Wildman–Crippen MR) is 128 cm³/mol. The molecule has 2 aromatic carbocycles. The average molecular weight is 469 g/mol. The van der Waals surface area contributed by atoms with Crippen molar-refractivity contribution in [1.29, 1.82) is 0 Å². The van der Waals surface area contributed by atoms with Gasteiger partial charge in [-0.1, -0.05) is 54.6 Å². The van der Waals surface area contributed by atoms with Crippen molar-refractivity contribution in [2.24, 2.45) is 0 Å². The lowest BCUT2D eigenvalue weighted by Gasteiger charge is -2.24. The quantitative estimate of drug-likeness (QED) is 0.306. The third-order valence-corrected chi connectivity index (χ3v) is 6.18. The number of amides is 1. The molecule has 33 heavy (non-hydrogen) atoms. The van der Waals surface area contributed by atoms with E-state index < -0.39 is 13.9 Å². The van der Waals surface area contributed by atoms with Crippen molar-refractivity contribution in [3.05, 3.63) is 66.5 Å². The van der Waals surface area contributed by atoms with Gasteiger partial charge in [-0.05, 0) is 44.1 Å². The van der Waals surface area contributed by atoms with Crippen LogP contribution in [0, 0.1) is 0 Å². The van der Waals surface area contributed by atoms with Crippen molar-refractivity contribution in [2.45, 2.75) is 45.6 Å². The van der Waals surface area contributed by atoms with Gasteiger partial charge >= 0.3 is 0 Å². The first-order valence-electron chi connectivity index (χ1n) is 11.2. The summed E-state index contributed by atoms with van der Waals surface area (Å²) < 4.78 is 21.1. The van der Waals surface area contributed by atoms with Crippen molar-refractivity contribution >= 4 is 24.5 Å². The van der Waals surface area contributed by atoms with E-state index in [1.807, 2.05) is 54.7 Å². The summed E-state index contributed by atoms with van der Waals surface area (Å²) in [6, 6.07) is 18.0. The summed E-state index contributed by atoms with van der Waals surface area (Å²) in [5.41, 5.74) is 2.75. The molecule has 176 valence electrons. The molecule has 0 aliphatic heterocycles. The number of benzene rings is 2. The highest BCUT2D eigenvalue weighted by Gasteiger charge is 2.15. The molecule has 1 aromatic heterocycles. The summed E-state index contributed by atoms with van der Waals surface area (Å²) >= 11 is 0. The molecule has 3 aromatic rings. The SMILES string of the molecule is CC(C)OP(=O)([O-])OCCCCCNC(=O)Cc1ncc2ccccc2c1-c1ccccc1. The Morgan fingerprint density at radius 2 is 1.79 bits per heavy atom. The van der Waals surface area contributed by atoms with E-state index in [4.69, 9.17) is 9.05 Å². The largest absolute Gasteiger partial charge is 0.756 e. The summed E-state index contributed by atoms with van der Waals surface area (Å²) in [4.78, 5) is 28.7. The van der Waals surface area contributed by atoms with E-state index >= 15 is 0 Å². The Hall–Kier alpha value is -2.57. The number of carbonyl (C=O) groups is 1. The lowest BCUT2D eigenvalue weighted by Crippen LogP contribution is -2.26. The first-order valence-corrected chi connectivity index (χ1v) is 12.6. The number of hydrogen-bond donors (Lipinski definition) is 1. The summed E-state index contributed by atoms with van der Waals surface area (Å²) in [5, 5.41) is 5.03. The van der Waals surface area contributed by atoms with Gasteiger partial charge in [-0.15, -0.1) is 0 Å². The van der Waals surface area contributed by atoms with Crippen molar-refractivity contribution in [1.82, 2.24) is 10.3 Å². The van der Waals surface area contributed by atoms with Crippen LogP contribution in [-0.2, 0) is 24.8 Å². The Morgan fingerprint density at radius 1 is 1.06 bits per heavy atom. The Labute approximate surface area is 194 Å². The standard InChI is InChI=1S/C25H31N2O5P/c1-19(2)32-33(29,30)31-16-10-4-9-15-26-24(28)17-23-25(20-11-5-3-6-12-20)22-14-8-7-13-21(22)18-27-23/h3,5-8,11-14,18-19H,4,9-10,15-17H2,1-2H3,(H,26,28)(H,29,30)/p-1. The van der Waals surface area contributed by atoms with E-state index in [9.17, 15) is 14.3 Å². The van der Waals surface area contributed by atoms with Gasteiger partial charge in [0.1, 0.15) is 0 Å². The molecule has 0 saturated carbocycles. The first kappa shape index (κ1) is 25.1. The predicted octanol–water partition coefficient (Wildman–Crippen LogP) is 4.64. The number of aromatic nitrogens is 1. The second-order valence-corrected chi connectivity index (χ2v) is 9.42. The van der Waals surface area contributed by atoms with Gasteiger partial charge in [0, 0.05) is 23.7 Å². The fourth-order valence-electron chi connectivity index (χ4n) is 3.58. The lowest BCUT2D eigenvalue weighted by molar-refractivity contribution is -0.228. The third kappa shape index (κ3) is 7.76. The highest BCUT2D eigenvalue weighted by Crippen LogP contribution is 2.39. The van der Waals surface area contributed by atoms with Crippen LogP contribution >= 0.6 is 7.82 Å². The van der Waals surface area contributed by atoms with Crippen molar-refractivity contribution in [3.8, 4) is 11.1 Å². The smallest absolute Gasteiger partial charge is 0.268 e. The van der Waals surface area contributed by atoms with Crippen LogP contribution in [0.25, 0.3) is 21.9 Å². The summed E-state index contributed by atoms with van der Waals surface area (Å²) in [6.45, 7) is 3.84. The number of hydrogen-bond acceptors (Lipinski definition) is 6. The van der Waals surface area contributed by atoms with E-state index in [1.54, 1.807) is 13.8 Å². The summed E-state index contributed by atoms with van der Waals surface area (Å²) in [6.07, 6.45) is 3.56. The van der Waals surface area contributed by atoms with Gasteiger partial charge in [0.15, 0.2) is 0 Å². The topological polar surface area (TPSA) is 101 Å². The molecule has 0 bridgehead atoms. The van der Waals surface area contributed by atoms with Crippen LogP contribution in [0.5, 0.6) is 0 Å². The molecule has 0 aliphatic rings. The molecular weight excluding hydrogens is 439 g/mol. The van der Waals surface area contributed by atoms with Gasteiger partial charge in [0.25, 0.3) is 7.82 Å². The van der Waals surface area contributed by atoms with E-state index in [1.165, 1.54) is 0 Å². The Kier molecular flexibility index (Phi) is 9.15. The fourth-order valence-corrected chi connectivity index (χ4v) is 4.51. The number of pyridine rings is 1. The van der Waals surface area contributed by atoms with Crippen LogP contribution in [-0.4, -0.2) is 30.1 Å². The molecule has 0 fully saturated rings. The number of phosphoric acid groups is 1. The molecule has 1 amide bonds. The molecule has 0 radical (unpaired) electrons. The number of fused-ring (bicyclic) bond motifs is 1. The number of phosphoric ester groups is 1. The normalized spacial score (nSPS) is 13.2. The van der Waals surface area contributed by atoms with E-state index in [0.717, 1.165) is 40.4 Å². The Bertz CT molecular complexity index is 1100. The zero-order valence-electron chi connectivity index (χ0n) is 19.0. The highest BCUT2D eigenvalue weighted by molar-refractivity contribution is 7.45. The molecule has 1 heterocycles. The maximum absolute atomic E-state index is 12.6. The molecule has 1 atom stereocenters. The van der Waals surface area contributed by atoms with Gasteiger partial charge < -0.3 is 19.3 Å². The monoisotopic (exact) mass is 469 g/mol. The molecule has 0 saturated heterocycles. The van der Waals surface area contributed by atoms with Gasteiger partial charge in [-0.3, -0.25) is 14.3 Å². The number of rotatable bonds is 12. The minimum Gasteiger partial charge on any atom is -0.756 e. The molecule has 3 rings (SSSR count). The molecule has 7 nitrogen and oxygen atoms in total. The zero-order valence-corrected chi connectivity index (χ0v) is 19.9. The van der Waals surface area contributed by atoms with Crippen molar-refractivity contribution in [2.75, 3.05) is 13.2 Å². The molecule has 0 spiro atoms.